The van der Waals surface area contributed by atoms with Crippen molar-refractivity contribution in [1.82, 2.24) is 19.7 Å². The van der Waals surface area contributed by atoms with Crippen molar-refractivity contribution in [2.24, 2.45) is 0 Å². The monoisotopic (exact) mass is 759 g/mol. The minimum absolute atomic E-state index is 0.0458. The highest BCUT2D eigenvalue weighted by Gasteiger charge is 2.36. The van der Waals surface area contributed by atoms with Gasteiger partial charge in [-0.1, -0.05) is 12.1 Å². The Morgan fingerprint density at radius 3 is 2.54 bits per heavy atom. The summed E-state index contributed by atoms with van der Waals surface area (Å²) in [5.41, 5.74) is 0.641. The molecule has 2 aromatic heterocycles. The summed E-state index contributed by atoms with van der Waals surface area (Å²) in [5.74, 6) is 0.364. The van der Waals surface area contributed by atoms with Crippen LogP contribution in [0.5, 0.6) is 0 Å². The van der Waals surface area contributed by atoms with E-state index in [0.717, 1.165) is 29.5 Å². The first-order valence-corrected chi connectivity index (χ1v) is 20.1. The molecule has 2 aromatic carbocycles. The van der Waals surface area contributed by atoms with Crippen LogP contribution in [0.1, 0.15) is 38.8 Å². The topological polar surface area (TPSA) is 209 Å². The van der Waals surface area contributed by atoms with E-state index in [9.17, 15) is 32.1 Å². The van der Waals surface area contributed by atoms with Crippen LogP contribution in [0.15, 0.2) is 58.6 Å². The lowest BCUT2D eigenvalue weighted by molar-refractivity contribution is -0.387. The second-order valence-electron chi connectivity index (χ2n) is 12.7. The van der Waals surface area contributed by atoms with Gasteiger partial charge in [0.25, 0.3) is 15.7 Å². The van der Waals surface area contributed by atoms with Crippen molar-refractivity contribution in [3.8, 4) is 11.4 Å². The van der Waals surface area contributed by atoms with E-state index in [2.05, 4.69) is 9.97 Å². The average molecular weight is 760 g/mol. The predicted molar refractivity (Wildman–Crippen MR) is 190 cm³/mol. The van der Waals surface area contributed by atoms with Crippen LogP contribution in [0, 0.1) is 10.1 Å². The van der Waals surface area contributed by atoms with E-state index in [-0.39, 0.29) is 49.4 Å². The second kappa shape index (κ2) is 15.4. The molecule has 0 radical (unpaired) electrons. The molecule has 4 aromatic rings. The lowest BCUT2D eigenvalue weighted by Gasteiger charge is -2.39. The number of hydrogen-bond acceptors (Lipinski definition) is 14. The molecule has 19 heteroatoms. The first-order valence-electron chi connectivity index (χ1n) is 16.8. The van der Waals surface area contributed by atoms with Gasteiger partial charge in [-0.05, 0) is 56.9 Å². The van der Waals surface area contributed by atoms with E-state index >= 15 is 0 Å². The maximum atomic E-state index is 14.5. The zero-order valence-electron chi connectivity index (χ0n) is 29.0. The molecular formula is C33H41N7O10S2. The average Bonchev–Trinajstić information content (AvgIpc) is 3.48. The van der Waals surface area contributed by atoms with Gasteiger partial charge in [-0.2, -0.15) is 5.10 Å². The number of nitro groups is 1. The van der Waals surface area contributed by atoms with Crippen LogP contribution in [0.25, 0.3) is 22.3 Å². The maximum Gasteiger partial charge on any atom is 0.289 e. The number of aromatic nitrogens is 4. The summed E-state index contributed by atoms with van der Waals surface area (Å²) in [4.78, 5) is 21.4. The number of aliphatic hydroxyl groups is 1. The first kappa shape index (κ1) is 37.5. The van der Waals surface area contributed by atoms with Crippen molar-refractivity contribution >= 4 is 48.0 Å². The number of benzene rings is 2. The van der Waals surface area contributed by atoms with Crippen LogP contribution >= 0.6 is 0 Å². The first-order chi connectivity index (χ1) is 24.8. The predicted octanol–water partition coefficient (Wildman–Crippen LogP) is 3.32. The minimum atomic E-state index is -4.57. The molecule has 17 nitrogen and oxygen atoms in total. The Morgan fingerprint density at radius 1 is 1.10 bits per heavy atom. The van der Waals surface area contributed by atoms with Crippen molar-refractivity contribution in [2.45, 2.75) is 61.0 Å². The summed E-state index contributed by atoms with van der Waals surface area (Å²) >= 11 is 0. The third-order valence-electron chi connectivity index (χ3n) is 9.06. The minimum Gasteiger partial charge on any atom is -0.394 e. The van der Waals surface area contributed by atoms with Gasteiger partial charge >= 0.3 is 0 Å². The highest BCUT2D eigenvalue weighted by molar-refractivity contribution is 7.93. The molecule has 1 N–H and O–H groups in total. The summed E-state index contributed by atoms with van der Waals surface area (Å²) in [6.07, 6.45) is 3.15. The Labute approximate surface area is 301 Å². The fourth-order valence-electron chi connectivity index (χ4n) is 6.33. The molecule has 4 heterocycles. The molecule has 52 heavy (non-hydrogen) atoms. The van der Waals surface area contributed by atoms with E-state index in [1.165, 1.54) is 18.2 Å². The Morgan fingerprint density at radius 2 is 1.87 bits per heavy atom. The molecule has 6 rings (SSSR count). The number of sulfonamides is 1. The Hall–Kier alpha value is -4.27. The van der Waals surface area contributed by atoms with Gasteiger partial charge in [0.1, 0.15) is 11.5 Å². The van der Waals surface area contributed by atoms with Crippen LogP contribution in [-0.4, -0.2) is 112 Å². The molecule has 2 aliphatic heterocycles. The maximum absolute atomic E-state index is 14.5. The van der Waals surface area contributed by atoms with Gasteiger partial charge in [-0.15, -0.1) is 0 Å². The van der Waals surface area contributed by atoms with E-state index in [0.29, 0.717) is 42.8 Å². The number of methoxy groups -OCH3 is 1. The highest BCUT2D eigenvalue weighted by Crippen LogP contribution is 2.39. The molecule has 0 amide bonds. The van der Waals surface area contributed by atoms with Gasteiger partial charge in [-0.25, -0.2) is 31.5 Å². The fourth-order valence-corrected chi connectivity index (χ4v) is 8.69. The van der Waals surface area contributed by atoms with E-state index in [1.54, 1.807) is 43.0 Å². The van der Waals surface area contributed by atoms with Gasteiger partial charge in [0, 0.05) is 63.2 Å². The zero-order valence-corrected chi connectivity index (χ0v) is 30.6. The van der Waals surface area contributed by atoms with Crippen molar-refractivity contribution in [3.63, 3.8) is 0 Å². The SMILES string of the molecule is COC1CN(c2cc(-c3nn(C4CCCCO4)c4ccc(N(C(C)CCOCCO)S(=O)(=O)c5ccccc5[N+](=O)[O-])cc34)nc(S(C)(=O)=O)n2)C1. The van der Waals surface area contributed by atoms with Crippen molar-refractivity contribution in [2.75, 3.05) is 62.1 Å². The van der Waals surface area contributed by atoms with E-state index in [1.807, 2.05) is 4.90 Å². The summed E-state index contributed by atoms with van der Waals surface area (Å²) in [6.45, 7) is 3.11. The number of nitrogens with zero attached hydrogens (tertiary/aromatic N) is 7. The molecule has 280 valence electrons. The van der Waals surface area contributed by atoms with Crippen LogP contribution in [0.2, 0.25) is 0 Å². The number of anilines is 2. The van der Waals surface area contributed by atoms with Gasteiger partial charge in [-0.3, -0.25) is 14.4 Å². The molecule has 2 aliphatic rings. The van der Waals surface area contributed by atoms with Crippen LogP contribution in [0.3, 0.4) is 0 Å². The number of para-hydroxylation sites is 1. The van der Waals surface area contributed by atoms with Gasteiger partial charge < -0.3 is 24.2 Å². The summed E-state index contributed by atoms with van der Waals surface area (Å²) in [7, 11) is -6.85. The number of rotatable bonds is 15. The van der Waals surface area contributed by atoms with Crippen molar-refractivity contribution < 1.29 is 41.1 Å². The number of sulfone groups is 1. The third kappa shape index (κ3) is 7.60. The Balaban J connectivity index is 1.55. The largest absolute Gasteiger partial charge is 0.394 e. The second-order valence-corrected chi connectivity index (χ2v) is 16.4. The molecule has 0 spiro atoms. The molecule has 0 aliphatic carbocycles. The normalized spacial score (nSPS) is 17.6. The molecule has 0 bridgehead atoms. The number of ether oxygens (including phenoxy) is 3. The molecule has 2 fully saturated rings. The molecule has 2 atom stereocenters. The fraction of sp³-hybridized carbons (Fsp3) is 0.485. The number of fused-ring (bicyclic) bond motifs is 1. The molecule has 2 saturated heterocycles. The van der Waals surface area contributed by atoms with Crippen LogP contribution in [0.4, 0.5) is 17.2 Å². The Bertz CT molecular complexity index is 2150. The van der Waals surface area contributed by atoms with E-state index in [4.69, 9.17) is 19.3 Å². The number of hydrogen-bond donors (Lipinski definition) is 1. The lowest BCUT2D eigenvalue weighted by atomic mass is 10.1. The standard InChI is InChI=1S/C33H41N7O10S2/c1-22(13-16-49-17-14-41)39(52(46,47)29-9-5-4-8-28(29)40(42)43)23-11-12-27-25(18-23)32(36-38(27)31-10-6-7-15-50-31)26-19-30(37-20-24(21-37)48-2)35-33(34-26)51(3,44)45/h4-5,8-9,11-12,18-19,22,24,31,41H,6-7,10,13-17,20-21H2,1-3H3. The summed E-state index contributed by atoms with van der Waals surface area (Å²) in [6, 6.07) is 10.9. The van der Waals surface area contributed by atoms with Gasteiger partial charge in [0.05, 0.1) is 41.1 Å². The smallest absolute Gasteiger partial charge is 0.289 e. The lowest BCUT2D eigenvalue weighted by Crippen LogP contribution is -2.52. The molecule has 2 unspecified atom stereocenters. The van der Waals surface area contributed by atoms with Gasteiger partial charge in [0.15, 0.2) is 11.1 Å². The highest BCUT2D eigenvalue weighted by atomic mass is 32.2. The zero-order chi connectivity index (χ0) is 37.2. The summed E-state index contributed by atoms with van der Waals surface area (Å²) in [5, 5.41) is 26.1. The summed E-state index contributed by atoms with van der Waals surface area (Å²) < 4.78 is 74.4. The van der Waals surface area contributed by atoms with Gasteiger partial charge in [0.2, 0.25) is 15.0 Å². The molecule has 0 saturated carbocycles. The number of nitro benzene ring substituents is 1. The molecular weight excluding hydrogens is 719 g/mol. The third-order valence-corrected chi connectivity index (χ3v) is 11.9. The van der Waals surface area contributed by atoms with Crippen LogP contribution < -0.4 is 9.21 Å². The van der Waals surface area contributed by atoms with Crippen molar-refractivity contribution in [3.05, 3.63) is 58.6 Å². The Kier molecular flexibility index (Phi) is 11.1. The van der Waals surface area contributed by atoms with Crippen molar-refractivity contribution in [1.29, 1.82) is 0 Å². The van der Waals surface area contributed by atoms with E-state index < -0.39 is 52.8 Å². The number of aliphatic hydroxyl groups excluding tert-OH is 1. The van der Waals surface area contributed by atoms with Crippen LogP contribution in [-0.2, 0) is 34.1 Å². The quantitative estimate of drug-likeness (QED) is 0.0798.